The van der Waals surface area contributed by atoms with E-state index < -0.39 is 45.9 Å². The Kier molecular flexibility index (Phi) is 7.28. The lowest BCUT2D eigenvalue weighted by molar-refractivity contribution is -0.757. The number of benzene rings is 1. The van der Waals surface area contributed by atoms with Crippen molar-refractivity contribution in [2.24, 2.45) is 10.3 Å². The van der Waals surface area contributed by atoms with Gasteiger partial charge < -0.3 is 10.2 Å². The van der Waals surface area contributed by atoms with Crippen LogP contribution in [0.2, 0.25) is 5.02 Å². The fraction of sp³-hybridized carbons (Fsp3) is 0.364. The number of nitrogens with two attached hydrogens (primary N) is 2. The lowest BCUT2D eigenvalue weighted by Crippen LogP contribution is -2.20. The van der Waals surface area contributed by atoms with Gasteiger partial charge in [-0.2, -0.15) is 0 Å². The minimum Gasteiger partial charge on any atom is -0.325 e. The Hall–Kier alpha value is -2.00. The second-order valence-corrected chi connectivity index (χ2v) is 8.40. The van der Waals surface area contributed by atoms with Crippen LogP contribution in [0.1, 0.15) is 19.3 Å². The molecule has 0 aliphatic rings. The van der Waals surface area contributed by atoms with Gasteiger partial charge in [-0.1, -0.05) is 11.6 Å². The lowest BCUT2D eigenvalue weighted by Gasteiger charge is -2.12. The lowest BCUT2D eigenvalue weighted by atomic mass is 10.2. The first-order valence-corrected chi connectivity index (χ1v) is 10.3. The first-order chi connectivity index (χ1) is 11.8. The molecule has 26 heavy (non-hydrogen) atoms. The van der Waals surface area contributed by atoms with Crippen molar-refractivity contribution < 1.29 is 31.6 Å². The molecule has 15 heteroatoms. The normalized spacial score (nSPS) is 11.8. The van der Waals surface area contributed by atoms with E-state index in [2.05, 4.69) is 10.2 Å². The average Bonchev–Trinajstić information content (AvgIpc) is 2.43. The van der Waals surface area contributed by atoms with Gasteiger partial charge in [0.2, 0.25) is 26.0 Å². The Balaban J connectivity index is 2.97. The van der Waals surface area contributed by atoms with Crippen LogP contribution in [0.15, 0.2) is 21.9 Å². The Bertz CT molecular complexity index is 916. The predicted octanol–water partition coefficient (Wildman–Crippen LogP) is -0.0481. The highest BCUT2D eigenvalue weighted by atomic mass is 35.5. The fourth-order valence-corrected chi connectivity index (χ4v) is 3.70. The van der Waals surface area contributed by atoms with Gasteiger partial charge in [0.15, 0.2) is 0 Å². The second kappa shape index (κ2) is 8.59. The minimum absolute atomic E-state index is 0.111. The van der Waals surface area contributed by atoms with Crippen molar-refractivity contribution in [1.82, 2.24) is 0 Å². The zero-order valence-corrected chi connectivity index (χ0v) is 15.4. The molecule has 0 aromatic heterocycles. The standard InChI is InChI=1S/C11H15ClN4O8S2/c12-7-5-8(15-11(17)3-1-2-4-24-16(18)19)10(26(14,22)23)6-9(7)25(13,20)21/h5-6H,1-4H2,(H,15,17)(H2,13,20,21)(H2,14,22,23). The molecule has 0 unspecified atom stereocenters. The molecule has 1 rings (SSSR count). The van der Waals surface area contributed by atoms with E-state index in [1.165, 1.54) is 0 Å². The number of halogens is 1. The quantitative estimate of drug-likeness (QED) is 0.274. The number of carbonyl (C=O) groups excluding carboxylic acids is 1. The SMILES string of the molecule is NS(=O)(=O)c1cc(S(N)(=O)=O)c(NC(=O)CCCCO[N+](=O)[O-])cc1Cl. The summed E-state index contributed by atoms with van der Waals surface area (Å²) in [7, 11) is -8.73. The van der Waals surface area contributed by atoms with Gasteiger partial charge in [0.25, 0.3) is 5.09 Å². The van der Waals surface area contributed by atoms with Crippen LogP contribution in [0.3, 0.4) is 0 Å². The fourth-order valence-electron chi connectivity index (χ4n) is 1.83. The largest absolute Gasteiger partial charge is 0.325 e. The number of amides is 1. The smallest absolute Gasteiger partial charge is 0.294 e. The molecular formula is C11H15ClN4O8S2. The van der Waals surface area contributed by atoms with E-state index >= 15 is 0 Å². The van der Waals surface area contributed by atoms with E-state index in [0.717, 1.165) is 6.07 Å². The number of sulfonamides is 2. The summed E-state index contributed by atoms with van der Waals surface area (Å²) in [6, 6.07) is 1.54. The summed E-state index contributed by atoms with van der Waals surface area (Å²) in [4.78, 5) is 24.6. The molecule has 1 aromatic rings. The second-order valence-electron chi connectivity index (χ2n) is 4.93. The molecule has 0 spiro atoms. The topological polar surface area (TPSA) is 202 Å². The first kappa shape index (κ1) is 22.0. The number of carbonyl (C=O) groups is 1. The van der Waals surface area contributed by atoms with Gasteiger partial charge >= 0.3 is 0 Å². The van der Waals surface area contributed by atoms with Crippen molar-refractivity contribution >= 4 is 43.2 Å². The summed E-state index contributed by atoms with van der Waals surface area (Å²) >= 11 is 5.77. The van der Waals surface area contributed by atoms with Crippen LogP contribution in [0, 0.1) is 10.1 Å². The molecule has 0 bridgehead atoms. The van der Waals surface area contributed by atoms with Gasteiger partial charge in [-0.3, -0.25) is 4.79 Å². The Morgan fingerprint density at radius 2 is 1.73 bits per heavy atom. The molecule has 0 saturated carbocycles. The molecule has 1 amide bonds. The van der Waals surface area contributed by atoms with Crippen molar-refractivity contribution in [3.63, 3.8) is 0 Å². The van der Waals surface area contributed by atoms with Crippen LogP contribution in [0.5, 0.6) is 0 Å². The average molecular weight is 431 g/mol. The third-order valence-corrected chi connectivity index (χ3v) is 5.24. The van der Waals surface area contributed by atoms with E-state index in [4.69, 9.17) is 21.9 Å². The predicted molar refractivity (Wildman–Crippen MR) is 89.6 cm³/mol. The van der Waals surface area contributed by atoms with E-state index in [-0.39, 0.29) is 31.6 Å². The molecule has 146 valence electrons. The van der Waals surface area contributed by atoms with Crippen molar-refractivity contribution in [3.05, 3.63) is 27.3 Å². The van der Waals surface area contributed by atoms with E-state index in [9.17, 15) is 31.7 Å². The highest BCUT2D eigenvalue weighted by Crippen LogP contribution is 2.30. The number of anilines is 1. The van der Waals surface area contributed by atoms with Crippen LogP contribution in [0.25, 0.3) is 0 Å². The molecule has 0 fully saturated rings. The molecule has 0 saturated heterocycles. The molecule has 0 heterocycles. The zero-order chi connectivity index (χ0) is 20.1. The highest BCUT2D eigenvalue weighted by Gasteiger charge is 2.23. The van der Waals surface area contributed by atoms with E-state index in [0.29, 0.717) is 6.07 Å². The van der Waals surface area contributed by atoms with Gasteiger partial charge in [-0.15, -0.1) is 10.1 Å². The molecule has 0 radical (unpaired) electrons. The number of nitrogens with zero attached hydrogens (tertiary/aromatic N) is 1. The van der Waals surface area contributed by atoms with Gasteiger partial charge in [-0.05, 0) is 25.0 Å². The molecule has 0 atom stereocenters. The number of unbranched alkanes of at least 4 members (excludes halogenated alkanes) is 1. The monoisotopic (exact) mass is 430 g/mol. The molecule has 1 aromatic carbocycles. The maximum absolute atomic E-state index is 11.9. The van der Waals surface area contributed by atoms with Gasteiger partial charge in [0.1, 0.15) is 9.79 Å². The van der Waals surface area contributed by atoms with Crippen molar-refractivity contribution in [3.8, 4) is 0 Å². The van der Waals surface area contributed by atoms with Crippen molar-refractivity contribution in [1.29, 1.82) is 0 Å². The van der Waals surface area contributed by atoms with Crippen LogP contribution in [-0.4, -0.2) is 34.4 Å². The van der Waals surface area contributed by atoms with Crippen LogP contribution in [0.4, 0.5) is 5.69 Å². The van der Waals surface area contributed by atoms with Gasteiger partial charge in [0, 0.05) is 6.42 Å². The summed E-state index contributed by atoms with van der Waals surface area (Å²) in [6.07, 6.45) is 0.314. The minimum atomic E-state index is -4.41. The first-order valence-electron chi connectivity index (χ1n) is 6.78. The number of hydrogen-bond donors (Lipinski definition) is 3. The van der Waals surface area contributed by atoms with Crippen molar-refractivity contribution in [2.75, 3.05) is 11.9 Å². The molecular weight excluding hydrogens is 416 g/mol. The maximum atomic E-state index is 11.9. The van der Waals surface area contributed by atoms with Gasteiger partial charge in [-0.25, -0.2) is 27.1 Å². The Morgan fingerprint density at radius 3 is 2.23 bits per heavy atom. The van der Waals surface area contributed by atoms with Crippen molar-refractivity contribution in [2.45, 2.75) is 29.1 Å². The summed E-state index contributed by atoms with van der Waals surface area (Å²) in [5.74, 6) is -0.643. The number of hydrogen-bond acceptors (Lipinski definition) is 8. The number of rotatable bonds is 9. The van der Waals surface area contributed by atoms with E-state index in [1.807, 2.05) is 0 Å². The number of nitrogens with one attached hydrogen (secondary N) is 1. The summed E-state index contributed by atoms with van der Waals surface area (Å²) < 4.78 is 46.2. The zero-order valence-electron chi connectivity index (χ0n) is 13.0. The van der Waals surface area contributed by atoms with E-state index in [1.54, 1.807) is 0 Å². The molecule has 12 nitrogen and oxygen atoms in total. The molecule has 0 aliphatic heterocycles. The van der Waals surface area contributed by atoms with Crippen LogP contribution >= 0.6 is 11.6 Å². The third kappa shape index (κ3) is 6.72. The summed E-state index contributed by atoms with van der Waals surface area (Å²) in [5.41, 5.74) is -0.323. The summed E-state index contributed by atoms with van der Waals surface area (Å²) in [5, 5.41) is 20.8. The molecule has 0 aliphatic carbocycles. The van der Waals surface area contributed by atoms with Crippen LogP contribution in [-0.2, 0) is 29.7 Å². The van der Waals surface area contributed by atoms with Gasteiger partial charge in [0.05, 0.1) is 17.3 Å². The maximum Gasteiger partial charge on any atom is 0.294 e. The Labute approximate surface area is 153 Å². The highest BCUT2D eigenvalue weighted by molar-refractivity contribution is 7.90. The van der Waals surface area contributed by atoms with Crippen LogP contribution < -0.4 is 15.6 Å². The third-order valence-electron chi connectivity index (χ3n) is 2.92. The Morgan fingerprint density at radius 1 is 1.15 bits per heavy atom. The summed E-state index contributed by atoms with van der Waals surface area (Å²) in [6.45, 7) is -0.197. The molecule has 5 N–H and O–H groups in total. The number of primary sulfonamides is 2.